The lowest BCUT2D eigenvalue weighted by Gasteiger charge is -2.19. The van der Waals surface area contributed by atoms with E-state index in [1.54, 1.807) is 24.3 Å². The van der Waals surface area contributed by atoms with Gasteiger partial charge in [0.15, 0.2) is 0 Å². The number of benzene rings is 2. The molecular weight excluding hydrogens is 334 g/mol. The third kappa shape index (κ3) is 6.38. The Morgan fingerprint density at radius 1 is 1.12 bits per heavy atom. The molecule has 0 bridgehead atoms. The lowest BCUT2D eigenvalue weighted by Crippen LogP contribution is -2.29. The van der Waals surface area contributed by atoms with Crippen molar-refractivity contribution in [2.75, 3.05) is 13.2 Å². The molecule has 0 heterocycles. The van der Waals surface area contributed by atoms with E-state index in [2.05, 4.69) is 5.32 Å². The topological polar surface area (TPSA) is 88.0 Å². The normalized spacial score (nSPS) is 12.9. The summed E-state index contributed by atoms with van der Waals surface area (Å²) < 4.78 is 10.5. The second-order valence-corrected chi connectivity index (χ2v) is 5.79. The Labute approximate surface area is 153 Å². The van der Waals surface area contributed by atoms with Gasteiger partial charge in [-0.1, -0.05) is 42.5 Å². The molecule has 2 unspecified atom stereocenters. The fourth-order valence-electron chi connectivity index (χ4n) is 2.43. The van der Waals surface area contributed by atoms with Crippen LogP contribution in [-0.2, 0) is 11.3 Å². The summed E-state index contributed by atoms with van der Waals surface area (Å²) in [6, 6.07) is 16.3. The Bertz CT molecular complexity index is 677. The summed E-state index contributed by atoms with van der Waals surface area (Å²) in [5.41, 5.74) is 1.46. The van der Waals surface area contributed by atoms with E-state index >= 15 is 0 Å². The maximum atomic E-state index is 11.7. The van der Waals surface area contributed by atoms with E-state index in [0.29, 0.717) is 17.9 Å². The third-order valence-corrected chi connectivity index (χ3v) is 3.80. The first-order valence-electron chi connectivity index (χ1n) is 8.63. The molecule has 26 heavy (non-hydrogen) atoms. The van der Waals surface area contributed by atoms with Crippen molar-refractivity contribution >= 4 is 6.09 Å². The second kappa shape index (κ2) is 10.4. The molecule has 0 spiro atoms. The van der Waals surface area contributed by atoms with Crippen molar-refractivity contribution in [3.8, 4) is 5.75 Å². The molecule has 6 nitrogen and oxygen atoms in total. The van der Waals surface area contributed by atoms with Crippen molar-refractivity contribution in [3.05, 3.63) is 65.7 Å². The van der Waals surface area contributed by atoms with Gasteiger partial charge >= 0.3 is 6.09 Å². The Morgan fingerprint density at radius 2 is 1.88 bits per heavy atom. The van der Waals surface area contributed by atoms with Crippen molar-refractivity contribution < 1.29 is 24.5 Å². The molecule has 0 aliphatic heterocycles. The van der Waals surface area contributed by atoms with Crippen LogP contribution in [0, 0.1) is 0 Å². The van der Waals surface area contributed by atoms with Crippen LogP contribution < -0.4 is 10.1 Å². The van der Waals surface area contributed by atoms with Crippen molar-refractivity contribution in [1.29, 1.82) is 0 Å². The maximum absolute atomic E-state index is 11.7. The monoisotopic (exact) mass is 359 g/mol. The average Bonchev–Trinajstić information content (AvgIpc) is 2.67. The standard InChI is InChI=1S/C20H25NO5/c1-2-25-17-10-6-9-16(13-17)19(23)18(22)11-12-21-20(24)26-14-15-7-4-3-5-8-15/h3-10,13,18-19,22-23H,2,11-12,14H2,1H3,(H,21,24). The highest BCUT2D eigenvalue weighted by molar-refractivity contribution is 5.67. The van der Waals surface area contributed by atoms with Gasteiger partial charge in [0, 0.05) is 6.54 Å². The van der Waals surface area contributed by atoms with Gasteiger partial charge in [-0.25, -0.2) is 4.79 Å². The van der Waals surface area contributed by atoms with Crippen LogP contribution in [0.1, 0.15) is 30.6 Å². The number of nitrogens with one attached hydrogen (secondary N) is 1. The predicted octanol–water partition coefficient (Wildman–Crippen LogP) is 2.80. The van der Waals surface area contributed by atoms with Gasteiger partial charge in [0.1, 0.15) is 18.5 Å². The summed E-state index contributed by atoms with van der Waals surface area (Å²) in [5, 5.41) is 22.9. The number of hydrogen-bond donors (Lipinski definition) is 3. The van der Waals surface area contributed by atoms with Gasteiger partial charge in [-0.05, 0) is 36.6 Å². The van der Waals surface area contributed by atoms with E-state index in [1.165, 1.54) is 0 Å². The molecule has 0 radical (unpaired) electrons. The van der Waals surface area contributed by atoms with Crippen LogP contribution in [0.15, 0.2) is 54.6 Å². The summed E-state index contributed by atoms with van der Waals surface area (Å²) in [6.07, 6.45) is -2.44. The van der Waals surface area contributed by atoms with E-state index in [-0.39, 0.29) is 19.6 Å². The van der Waals surface area contributed by atoms with Gasteiger partial charge in [-0.2, -0.15) is 0 Å². The number of ether oxygens (including phenoxy) is 2. The molecule has 0 aliphatic rings. The summed E-state index contributed by atoms with van der Waals surface area (Å²) in [4.78, 5) is 11.7. The Kier molecular flexibility index (Phi) is 7.92. The zero-order chi connectivity index (χ0) is 18.8. The van der Waals surface area contributed by atoms with Crippen molar-refractivity contribution in [2.45, 2.75) is 32.2 Å². The number of carbonyl (C=O) groups is 1. The fraction of sp³-hybridized carbons (Fsp3) is 0.350. The van der Waals surface area contributed by atoms with Crippen LogP contribution in [0.5, 0.6) is 5.75 Å². The molecule has 3 N–H and O–H groups in total. The average molecular weight is 359 g/mol. The Balaban J connectivity index is 1.72. The van der Waals surface area contributed by atoms with Crippen LogP contribution in [-0.4, -0.2) is 35.6 Å². The van der Waals surface area contributed by atoms with E-state index in [9.17, 15) is 15.0 Å². The SMILES string of the molecule is CCOc1cccc(C(O)C(O)CCNC(=O)OCc2ccccc2)c1. The molecule has 0 fully saturated rings. The number of aliphatic hydroxyl groups excluding tert-OH is 2. The summed E-state index contributed by atoms with van der Waals surface area (Å²) in [5.74, 6) is 0.638. The van der Waals surface area contributed by atoms with Crippen molar-refractivity contribution in [3.63, 3.8) is 0 Å². The van der Waals surface area contributed by atoms with Gasteiger partial charge < -0.3 is 25.0 Å². The van der Waals surface area contributed by atoms with Gasteiger partial charge in [0.2, 0.25) is 0 Å². The maximum Gasteiger partial charge on any atom is 0.407 e. The van der Waals surface area contributed by atoms with E-state index in [0.717, 1.165) is 5.56 Å². The minimum atomic E-state index is -1.06. The van der Waals surface area contributed by atoms with Crippen LogP contribution in [0.2, 0.25) is 0 Å². The van der Waals surface area contributed by atoms with Gasteiger partial charge in [-0.3, -0.25) is 0 Å². The van der Waals surface area contributed by atoms with Gasteiger partial charge in [0.25, 0.3) is 0 Å². The number of aliphatic hydroxyl groups is 2. The smallest absolute Gasteiger partial charge is 0.407 e. The minimum Gasteiger partial charge on any atom is -0.494 e. The molecular formula is C20H25NO5. The van der Waals surface area contributed by atoms with Crippen molar-refractivity contribution in [2.24, 2.45) is 0 Å². The third-order valence-electron chi connectivity index (χ3n) is 3.80. The zero-order valence-corrected chi connectivity index (χ0v) is 14.8. The molecule has 6 heteroatoms. The van der Waals surface area contributed by atoms with Crippen LogP contribution in [0.25, 0.3) is 0 Å². The van der Waals surface area contributed by atoms with Gasteiger partial charge in [-0.15, -0.1) is 0 Å². The molecule has 2 atom stereocenters. The summed E-state index contributed by atoms with van der Waals surface area (Å²) in [6.45, 7) is 2.77. The number of amides is 1. The quantitative estimate of drug-likeness (QED) is 0.641. The zero-order valence-electron chi connectivity index (χ0n) is 14.8. The summed E-state index contributed by atoms with van der Waals surface area (Å²) in [7, 11) is 0. The molecule has 140 valence electrons. The molecule has 2 aromatic rings. The lowest BCUT2D eigenvalue weighted by atomic mass is 10.0. The fourth-order valence-corrected chi connectivity index (χ4v) is 2.43. The highest BCUT2D eigenvalue weighted by Crippen LogP contribution is 2.23. The number of alkyl carbamates (subject to hydrolysis) is 1. The molecule has 2 aromatic carbocycles. The second-order valence-electron chi connectivity index (χ2n) is 5.79. The van der Waals surface area contributed by atoms with E-state index in [1.807, 2.05) is 37.3 Å². The molecule has 0 aromatic heterocycles. The van der Waals surface area contributed by atoms with Gasteiger partial charge in [0.05, 0.1) is 12.7 Å². The first kappa shape index (κ1) is 19.8. The Hall–Kier alpha value is -2.57. The highest BCUT2D eigenvalue weighted by atomic mass is 16.5. The first-order valence-corrected chi connectivity index (χ1v) is 8.63. The van der Waals surface area contributed by atoms with Crippen LogP contribution in [0.3, 0.4) is 0 Å². The first-order chi connectivity index (χ1) is 12.6. The summed E-state index contributed by atoms with van der Waals surface area (Å²) >= 11 is 0. The lowest BCUT2D eigenvalue weighted by molar-refractivity contribution is 0.0135. The van der Waals surface area contributed by atoms with Crippen LogP contribution in [0.4, 0.5) is 4.79 Å². The Morgan fingerprint density at radius 3 is 2.62 bits per heavy atom. The molecule has 0 saturated carbocycles. The number of carbonyl (C=O) groups excluding carboxylic acids is 1. The van der Waals surface area contributed by atoms with Crippen molar-refractivity contribution in [1.82, 2.24) is 5.32 Å². The minimum absolute atomic E-state index is 0.183. The molecule has 1 amide bonds. The van der Waals surface area contributed by atoms with Crippen LogP contribution >= 0.6 is 0 Å². The molecule has 0 saturated heterocycles. The number of hydrogen-bond acceptors (Lipinski definition) is 5. The molecule has 0 aliphatic carbocycles. The highest BCUT2D eigenvalue weighted by Gasteiger charge is 2.19. The number of rotatable bonds is 9. The molecule has 2 rings (SSSR count). The van der Waals surface area contributed by atoms with E-state index < -0.39 is 18.3 Å². The largest absolute Gasteiger partial charge is 0.494 e. The predicted molar refractivity (Wildman–Crippen MR) is 97.8 cm³/mol. The van der Waals surface area contributed by atoms with E-state index in [4.69, 9.17) is 9.47 Å².